The van der Waals surface area contributed by atoms with E-state index in [1.807, 2.05) is 7.05 Å². The lowest BCUT2D eigenvalue weighted by Crippen LogP contribution is -2.38. The molecule has 7 nitrogen and oxygen atoms in total. The van der Waals surface area contributed by atoms with Crippen molar-refractivity contribution in [3.8, 4) is 5.75 Å². The van der Waals surface area contributed by atoms with E-state index in [-0.39, 0.29) is 24.0 Å². The molecule has 8 heteroatoms. The van der Waals surface area contributed by atoms with E-state index in [9.17, 15) is 0 Å². The summed E-state index contributed by atoms with van der Waals surface area (Å²) in [6.45, 7) is 4.19. The third-order valence-electron chi connectivity index (χ3n) is 4.76. The van der Waals surface area contributed by atoms with Gasteiger partial charge in [-0.2, -0.15) is 5.10 Å². The van der Waals surface area contributed by atoms with Gasteiger partial charge in [-0.1, -0.05) is 12.1 Å². The van der Waals surface area contributed by atoms with Crippen LogP contribution in [-0.2, 0) is 20.0 Å². The molecule has 154 valence electrons. The van der Waals surface area contributed by atoms with Gasteiger partial charge in [0.15, 0.2) is 5.96 Å². The molecule has 3 rings (SSSR count). The second-order valence-corrected chi connectivity index (χ2v) is 6.84. The fraction of sp³-hybridized carbons (Fsp3) is 0.550. The molecule has 0 aliphatic heterocycles. The molecule has 0 radical (unpaired) electrons. The van der Waals surface area contributed by atoms with Gasteiger partial charge in [-0.25, -0.2) is 9.98 Å². The number of nitrogens with zero attached hydrogens (tertiary/aromatic N) is 4. The number of guanidine groups is 1. The van der Waals surface area contributed by atoms with Crippen LogP contribution in [-0.4, -0.2) is 39.9 Å². The molecule has 2 aromatic rings. The normalized spacial score (nSPS) is 14.6. The molecule has 1 fully saturated rings. The number of ether oxygens (including phenoxy) is 1. The molecule has 2 N–H and O–H groups in total. The summed E-state index contributed by atoms with van der Waals surface area (Å²) in [7, 11) is 1.87. The molecule has 0 atom stereocenters. The van der Waals surface area contributed by atoms with Crippen molar-refractivity contribution in [1.29, 1.82) is 0 Å². The van der Waals surface area contributed by atoms with Crippen LogP contribution in [0.5, 0.6) is 5.75 Å². The molecule has 0 unspecified atom stereocenters. The zero-order valence-corrected chi connectivity index (χ0v) is 19.1. The molecule has 1 aromatic heterocycles. The summed E-state index contributed by atoms with van der Waals surface area (Å²) in [4.78, 5) is 8.77. The maximum atomic E-state index is 6.02. The van der Waals surface area contributed by atoms with Crippen molar-refractivity contribution in [3.05, 3.63) is 42.0 Å². The number of hydrogen-bond acceptors (Lipinski definition) is 4. The minimum Gasteiger partial charge on any atom is -0.490 e. The highest BCUT2D eigenvalue weighted by Crippen LogP contribution is 2.24. The van der Waals surface area contributed by atoms with E-state index in [0.717, 1.165) is 37.0 Å². The summed E-state index contributed by atoms with van der Waals surface area (Å²) in [5.74, 6) is 2.61. The third kappa shape index (κ3) is 6.96. The second-order valence-electron chi connectivity index (χ2n) is 6.84. The zero-order chi connectivity index (χ0) is 18.9. The average molecular weight is 498 g/mol. The topological polar surface area (TPSA) is 76.4 Å². The molecule has 1 aromatic carbocycles. The smallest absolute Gasteiger partial charge is 0.191 e. The Hall–Kier alpha value is -1.84. The fourth-order valence-corrected chi connectivity index (χ4v) is 3.21. The minimum atomic E-state index is 0. The number of hydrogen-bond donors (Lipinski definition) is 2. The minimum absolute atomic E-state index is 0. The zero-order valence-electron chi connectivity index (χ0n) is 16.7. The summed E-state index contributed by atoms with van der Waals surface area (Å²) in [5.41, 5.74) is 1.28. The lowest BCUT2D eigenvalue weighted by Gasteiger charge is -2.14. The molecule has 0 spiro atoms. The highest BCUT2D eigenvalue weighted by atomic mass is 127. The molecule has 28 heavy (non-hydrogen) atoms. The standard InChI is InChI=1S/C20H30N6O.HI/c1-3-21-20(23-14-19-24-15-25-26(19)2)22-13-12-16-8-10-18(11-9-16)27-17-6-4-5-7-17;/h8-11,15,17H,3-7,12-14H2,1-2H3,(H2,21,22,23);1H. The monoisotopic (exact) mass is 498 g/mol. The maximum Gasteiger partial charge on any atom is 0.191 e. The Balaban J connectivity index is 0.00000280. The Bertz CT molecular complexity index is 725. The number of aromatic nitrogens is 3. The largest absolute Gasteiger partial charge is 0.490 e. The fourth-order valence-electron chi connectivity index (χ4n) is 3.21. The van der Waals surface area contributed by atoms with Gasteiger partial charge in [0.25, 0.3) is 0 Å². The lowest BCUT2D eigenvalue weighted by molar-refractivity contribution is 0.210. The maximum absolute atomic E-state index is 6.02. The summed E-state index contributed by atoms with van der Waals surface area (Å²) in [5, 5.41) is 10.7. The second kappa shape index (κ2) is 11.9. The molecular weight excluding hydrogens is 467 g/mol. The van der Waals surface area contributed by atoms with Gasteiger partial charge in [-0.05, 0) is 56.7 Å². The average Bonchev–Trinajstić information content (AvgIpc) is 3.33. The van der Waals surface area contributed by atoms with Gasteiger partial charge in [0.05, 0.1) is 6.10 Å². The summed E-state index contributed by atoms with van der Waals surface area (Å²) >= 11 is 0. The van der Waals surface area contributed by atoms with Gasteiger partial charge in [-0.15, -0.1) is 24.0 Å². The summed E-state index contributed by atoms with van der Waals surface area (Å²) in [6, 6.07) is 8.47. The van der Waals surface area contributed by atoms with Crippen LogP contribution >= 0.6 is 24.0 Å². The van der Waals surface area contributed by atoms with Crippen molar-refractivity contribution < 1.29 is 4.74 Å². The lowest BCUT2D eigenvalue weighted by atomic mass is 10.1. The van der Waals surface area contributed by atoms with Crippen molar-refractivity contribution >= 4 is 29.9 Å². The number of aryl methyl sites for hydroxylation is 1. The molecule has 1 aliphatic rings. The first kappa shape index (κ1) is 22.4. The highest BCUT2D eigenvalue weighted by molar-refractivity contribution is 14.0. The van der Waals surface area contributed by atoms with E-state index in [0.29, 0.717) is 12.6 Å². The van der Waals surface area contributed by atoms with Crippen LogP contribution in [0, 0.1) is 0 Å². The van der Waals surface area contributed by atoms with E-state index in [2.05, 4.69) is 56.9 Å². The molecule has 1 heterocycles. The molecule has 0 amide bonds. The number of halogens is 1. The summed E-state index contributed by atoms with van der Waals surface area (Å²) in [6.07, 6.45) is 7.84. The van der Waals surface area contributed by atoms with E-state index in [1.165, 1.54) is 31.2 Å². The van der Waals surface area contributed by atoms with Gasteiger partial charge in [0.2, 0.25) is 0 Å². The predicted octanol–water partition coefficient (Wildman–Crippen LogP) is 3.05. The molecule has 1 saturated carbocycles. The van der Waals surface area contributed by atoms with Crippen LogP contribution in [0.25, 0.3) is 0 Å². The Morgan fingerprint density at radius 2 is 1.96 bits per heavy atom. The van der Waals surface area contributed by atoms with Crippen LogP contribution in [0.1, 0.15) is 44.0 Å². The van der Waals surface area contributed by atoms with Gasteiger partial charge >= 0.3 is 0 Å². The molecular formula is C20H31IN6O. The van der Waals surface area contributed by atoms with Crippen LogP contribution < -0.4 is 15.4 Å². The number of rotatable bonds is 8. The first-order valence-electron chi connectivity index (χ1n) is 9.85. The third-order valence-corrected chi connectivity index (χ3v) is 4.76. The number of nitrogens with one attached hydrogen (secondary N) is 2. The van der Waals surface area contributed by atoms with E-state index >= 15 is 0 Å². The Morgan fingerprint density at radius 1 is 1.21 bits per heavy atom. The Morgan fingerprint density at radius 3 is 2.61 bits per heavy atom. The first-order chi connectivity index (χ1) is 13.2. The molecule has 1 aliphatic carbocycles. The Labute approximate surface area is 184 Å². The van der Waals surface area contributed by atoms with Crippen LogP contribution in [0.4, 0.5) is 0 Å². The van der Waals surface area contributed by atoms with Crippen LogP contribution in [0.15, 0.2) is 35.6 Å². The van der Waals surface area contributed by atoms with Crippen molar-refractivity contribution in [2.75, 3.05) is 13.1 Å². The Kier molecular flexibility index (Phi) is 9.52. The molecule has 0 bridgehead atoms. The van der Waals surface area contributed by atoms with Crippen molar-refractivity contribution in [3.63, 3.8) is 0 Å². The number of aliphatic imine (C=N–C) groups is 1. The van der Waals surface area contributed by atoms with Gasteiger partial charge in [-0.3, -0.25) is 4.68 Å². The van der Waals surface area contributed by atoms with Crippen molar-refractivity contribution in [1.82, 2.24) is 25.4 Å². The van der Waals surface area contributed by atoms with E-state index in [4.69, 9.17) is 4.74 Å². The highest BCUT2D eigenvalue weighted by Gasteiger charge is 2.16. The summed E-state index contributed by atoms with van der Waals surface area (Å²) < 4.78 is 7.76. The molecule has 0 saturated heterocycles. The van der Waals surface area contributed by atoms with E-state index in [1.54, 1.807) is 11.0 Å². The predicted molar refractivity (Wildman–Crippen MR) is 122 cm³/mol. The number of benzene rings is 1. The van der Waals surface area contributed by atoms with E-state index < -0.39 is 0 Å². The van der Waals surface area contributed by atoms with Crippen molar-refractivity contribution in [2.45, 2.75) is 51.7 Å². The van der Waals surface area contributed by atoms with Crippen molar-refractivity contribution in [2.24, 2.45) is 12.0 Å². The first-order valence-corrected chi connectivity index (χ1v) is 9.85. The van der Waals surface area contributed by atoms with Gasteiger partial charge in [0.1, 0.15) is 24.4 Å². The van der Waals surface area contributed by atoms with Crippen LogP contribution in [0.2, 0.25) is 0 Å². The quantitative estimate of drug-likeness (QED) is 0.333. The van der Waals surface area contributed by atoms with Gasteiger partial charge in [0, 0.05) is 20.1 Å². The SMILES string of the molecule is CCNC(=NCc1ncnn1C)NCCc1ccc(OC2CCCC2)cc1.I. The van der Waals surface area contributed by atoms with Gasteiger partial charge < -0.3 is 15.4 Å². The van der Waals surface area contributed by atoms with Crippen LogP contribution in [0.3, 0.4) is 0 Å².